The molecule has 2 unspecified atom stereocenters. The Bertz CT molecular complexity index is 762. The van der Waals surface area contributed by atoms with Gasteiger partial charge in [0.15, 0.2) is 11.7 Å². The van der Waals surface area contributed by atoms with Crippen molar-refractivity contribution in [2.75, 3.05) is 0 Å². The fraction of sp³-hybridized carbons (Fsp3) is 0.312. The minimum Gasteiger partial charge on any atom is -0.387 e. The number of aromatic nitrogens is 3. The average Bonchev–Trinajstić information content (AvgIpc) is 3.19. The Labute approximate surface area is 138 Å². The molecule has 0 amide bonds. The van der Waals surface area contributed by atoms with Crippen LogP contribution in [0.2, 0.25) is 5.02 Å². The highest BCUT2D eigenvalue weighted by atomic mass is 35.5. The Hall–Kier alpha value is -2.36. The second kappa shape index (κ2) is 6.41. The van der Waals surface area contributed by atoms with Crippen LogP contribution in [0.5, 0.6) is 0 Å². The van der Waals surface area contributed by atoms with Gasteiger partial charge in [-0.3, -0.25) is 0 Å². The van der Waals surface area contributed by atoms with Gasteiger partial charge in [0.2, 0.25) is 0 Å². The van der Waals surface area contributed by atoms with Crippen LogP contribution >= 0.6 is 11.6 Å². The Morgan fingerprint density at radius 2 is 2.22 bits per heavy atom. The average molecular weight is 331 g/mol. The highest BCUT2D eigenvalue weighted by molar-refractivity contribution is 6.30. The maximum atomic E-state index is 10.9. The largest absolute Gasteiger partial charge is 0.387 e. The minimum atomic E-state index is -1.44. The van der Waals surface area contributed by atoms with Crippen molar-refractivity contribution in [1.29, 1.82) is 0 Å². The van der Waals surface area contributed by atoms with Crippen molar-refractivity contribution < 1.29 is 9.94 Å². The Balaban J connectivity index is 1.78. The monoisotopic (exact) mass is 330 g/mol. The maximum Gasteiger partial charge on any atom is 0.187 e. The van der Waals surface area contributed by atoms with Crippen LogP contribution < -0.4 is 0 Å². The summed E-state index contributed by atoms with van der Waals surface area (Å²) >= 11 is 5.90. The first kappa shape index (κ1) is 15.5. The summed E-state index contributed by atoms with van der Waals surface area (Å²) in [7, 11) is 0. The molecule has 1 aromatic heterocycles. The molecule has 0 saturated carbocycles. The minimum absolute atomic E-state index is 0.142. The van der Waals surface area contributed by atoms with Crippen molar-refractivity contribution in [2.45, 2.75) is 31.6 Å². The fourth-order valence-electron chi connectivity index (χ4n) is 2.44. The molecule has 0 bridgehead atoms. The van der Waals surface area contributed by atoms with E-state index >= 15 is 0 Å². The van der Waals surface area contributed by atoms with Gasteiger partial charge in [-0.25, -0.2) is 9.67 Å². The van der Waals surface area contributed by atoms with Gasteiger partial charge in [-0.05, 0) is 24.6 Å². The van der Waals surface area contributed by atoms with E-state index < -0.39 is 5.60 Å². The molecule has 0 fully saturated rings. The molecule has 1 aliphatic rings. The van der Waals surface area contributed by atoms with Crippen LogP contribution in [0.25, 0.3) is 0 Å². The molecule has 2 aromatic rings. The molecular formula is C16H15ClN4O2. The zero-order valence-electron chi connectivity index (χ0n) is 12.5. The van der Waals surface area contributed by atoms with Gasteiger partial charge in [-0.15, -0.1) is 5.92 Å². The summed E-state index contributed by atoms with van der Waals surface area (Å²) < 4.78 is 1.52. The van der Waals surface area contributed by atoms with Gasteiger partial charge in [0.1, 0.15) is 18.4 Å². The summed E-state index contributed by atoms with van der Waals surface area (Å²) in [5, 5.41) is 19.6. The maximum absolute atomic E-state index is 10.9. The predicted molar refractivity (Wildman–Crippen MR) is 85.8 cm³/mol. The molecule has 118 valence electrons. The van der Waals surface area contributed by atoms with Gasteiger partial charge in [0.25, 0.3) is 0 Å². The number of oxime groups is 1. The van der Waals surface area contributed by atoms with Gasteiger partial charge < -0.3 is 9.94 Å². The molecule has 1 aromatic carbocycles. The van der Waals surface area contributed by atoms with Crippen LogP contribution in [0.3, 0.4) is 0 Å². The normalized spacial score (nSPS) is 19.3. The smallest absolute Gasteiger partial charge is 0.187 e. The number of nitrogens with zero attached hydrogens (tertiary/aromatic N) is 4. The third-order valence-corrected chi connectivity index (χ3v) is 3.83. The number of hydrogen-bond donors (Lipinski definition) is 1. The SMILES string of the molecule is CC#CC(O)(Cn1cncn1)C1=NOC(c2ccc(Cl)cc2)C1. The Morgan fingerprint density at radius 3 is 2.87 bits per heavy atom. The summed E-state index contributed by atoms with van der Waals surface area (Å²) in [6, 6.07) is 7.36. The quantitative estimate of drug-likeness (QED) is 0.872. The molecule has 2 atom stereocenters. The van der Waals surface area contributed by atoms with E-state index in [1.807, 2.05) is 12.1 Å². The summed E-state index contributed by atoms with van der Waals surface area (Å²) in [6.07, 6.45) is 3.11. The molecule has 0 spiro atoms. The van der Waals surface area contributed by atoms with Gasteiger partial charge in [0.05, 0.1) is 6.54 Å². The van der Waals surface area contributed by atoms with Crippen molar-refractivity contribution >= 4 is 17.3 Å². The molecule has 2 heterocycles. The van der Waals surface area contributed by atoms with E-state index in [0.717, 1.165) is 5.56 Å². The third-order valence-electron chi connectivity index (χ3n) is 3.58. The van der Waals surface area contributed by atoms with E-state index in [1.165, 1.54) is 17.3 Å². The lowest BCUT2D eigenvalue weighted by Crippen LogP contribution is -2.41. The first-order valence-electron chi connectivity index (χ1n) is 7.08. The molecule has 1 N–H and O–H groups in total. The van der Waals surface area contributed by atoms with Crippen molar-refractivity contribution in [1.82, 2.24) is 14.8 Å². The van der Waals surface area contributed by atoms with Gasteiger partial charge >= 0.3 is 0 Å². The highest BCUT2D eigenvalue weighted by Gasteiger charge is 2.38. The van der Waals surface area contributed by atoms with Crippen LogP contribution in [0.15, 0.2) is 42.1 Å². The molecule has 23 heavy (non-hydrogen) atoms. The predicted octanol–water partition coefficient (Wildman–Crippen LogP) is 2.20. The first-order chi connectivity index (χ1) is 11.1. The molecule has 1 aliphatic heterocycles. The van der Waals surface area contributed by atoms with E-state index in [2.05, 4.69) is 27.1 Å². The number of rotatable bonds is 4. The summed E-state index contributed by atoms with van der Waals surface area (Å²) in [4.78, 5) is 9.35. The molecule has 6 nitrogen and oxygen atoms in total. The summed E-state index contributed by atoms with van der Waals surface area (Å²) in [5.74, 6) is 5.55. The van der Waals surface area contributed by atoms with Gasteiger partial charge in [-0.2, -0.15) is 5.10 Å². The van der Waals surface area contributed by atoms with E-state index in [-0.39, 0.29) is 12.6 Å². The first-order valence-corrected chi connectivity index (χ1v) is 7.46. The van der Waals surface area contributed by atoms with Gasteiger partial charge in [0, 0.05) is 11.4 Å². The molecule has 0 radical (unpaired) electrons. The number of hydrogen-bond acceptors (Lipinski definition) is 5. The fourth-order valence-corrected chi connectivity index (χ4v) is 2.56. The van der Waals surface area contributed by atoms with Crippen LogP contribution in [0.1, 0.15) is 25.0 Å². The van der Waals surface area contributed by atoms with Crippen LogP contribution in [0, 0.1) is 11.8 Å². The molecule has 7 heteroatoms. The van der Waals surface area contributed by atoms with Crippen LogP contribution in [-0.4, -0.2) is 31.2 Å². The van der Waals surface area contributed by atoms with E-state index in [4.69, 9.17) is 16.4 Å². The van der Waals surface area contributed by atoms with Crippen molar-refractivity contribution in [2.24, 2.45) is 5.16 Å². The molecule has 0 aliphatic carbocycles. The van der Waals surface area contributed by atoms with E-state index in [1.54, 1.807) is 19.1 Å². The second-order valence-electron chi connectivity index (χ2n) is 5.22. The van der Waals surface area contributed by atoms with Crippen molar-refractivity contribution in [3.05, 3.63) is 47.5 Å². The van der Waals surface area contributed by atoms with Gasteiger partial charge in [-0.1, -0.05) is 34.8 Å². The second-order valence-corrected chi connectivity index (χ2v) is 5.65. The van der Waals surface area contributed by atoms with Crippen LogP contribution in [0.4, 0.5) is 0 Å². The Morgan fingerprint density at radius 1 is 1.43 bits per heavy atom. The lowest BCUT2D eigenvalue weighted by molar-refractivity contribution is 0.0851. The standard InChI is InChI=1S/C16H15ClN4O2/c1-2-7-16(22,9-21-11-18-10-19-21)15-8-14(23-20-15)12-3-5-13(17)6-4-12/h3-6,10-11,14,22H,8-9H2,1H3. The molecular weight excluding hydrogens is 316 g/mol. The lowest BCUT2D eigenvalue weighted by Gasteiger charge is -2.21. The number of aliphatic hydroxyl groups is 1. The molecule has 0 saturated heterocycles. The van der Waals surface area contributed by atoms with E-state index in [9.17, 15) is 5.11 Å². The van der Waals surface area contributed by atoms with Crippen LogP contribution in [-0.2, 0) is 11.4 Å². The zero-order valence-corrected chi connectivity index (χ0v) is 13.2. The third kappa shape index (κ3) is 3.36. The number of halogens is 1. The zero-order chi connectivity index (χ0) is 16.3. The number of benzene rings is 1. The molecule has 3 rings (SSSR count). The Kier molecular flexibility index (Phi) is 4.33. The summed E-state index contributed by atoms with van der Waals surface area (Å²) in [6.45, 7) is 1.81. The van der Waals surface area contributed by atoms with E-state index in [0.29, 0.717) is 17.2 Å². The highest BCUT2D eigenvalue weighted by Crippen LogP contribution is 2.31. The van der Waals surface area contributed by atoms with Crippen molar-refractivity contribution in [3.8, 4) is 11.8 Å². The van der Waals surface area contributed by atoms with Crippen molar-refractivity contribution in [3.63, 3.8) is 0 Å². The topological polar surface area (TPSA) is 72.5 Å². The summed E-state index contributed by atoms with van der Waals surface area (Å²) in [5.41, 5.74) is -0.0214. The lowest BCUT2D eigenvalue weighted by atomic mass is 9.92.